The molecule has 1 unspecified atom stereocenters. The molecular weight excluding hydrogens is 322 g/mol. The van der Waals surface area contributed by atoms with E-state index in [2.05, 4.69) is 11.1 Å². The smallest absolute Gasteiger partial charge is 0.205 e. The van der Waals surface area contributed by atoms with Crippen molar-refractivity contribution in [1.29, 1.82) is 5.26 Å². The number of hydrogen-bond acceptors (Lipinski definition) is 4. The van der Waals surface area contributed by atoms with Crippen LogP contribution in [0.4, 0.5) is 0 Å². The molecule has 0 radical (unpaired) electrons. The molecule has 0 fully saturated rings. The Hall–Kier alpha value is -3.03. The van der Waals surface area contributed by atoms with Crippen LogP contribution in [0.1, 0.15) is 17.0 Å². The summed E-state index contributed by atoms with van der Waals surface area (Å²) in [6, 6.07) is 17.4. The molecule has 5 heteroatoms. The average molecular weight is 334 g/mol. The van der Waals surface area contributed by atoms with Gasteiger partial charge in [-0.15, -0.1) is 0 Å². The summed E-state index contributed by atoms with van der Waals surface area (Å²) >= 11 is 6.45. The molecule has 1 aromatic heterocycles. The minimum atomic E-state index is -0.330. The van der Waals surface area contributed by atoms with Gasteiger partial charge >= 0.3 is 0 Å². The molecule has 2 heterocycles. The second-order valence-corrected chi connectivity index (χ2v) is 5.92. The van der Waals surface area contributed by atoms with Crippen LogP contribution in [0.25, 0.3) is 10.9 Å². The number of ether oxygens (including phenoxy) is 1. The SMILES string of the molecule is N#CC1=C(N)Oc2c(cc(Cl)c3cccnc23)C1c1ccccc1. The number of nitriles is 1. The fraction of sp³-hybridized carbons (Fsp3) is 0.0526. The summed E-state index contributed by atoms with van der Waals surface area (Å²) in [7, 11) is 0. The van der Waals surface area contributed by atoms with Crippen molar-refractivity contribution in [3.63, 3.8) is 0 Å². The summed E-state index contributed by atoms with van der Waals surface area (Å²) in [5, 5.41) is 10.9. The van der Waals surface area contributed by atoms with Crippen molar-refractivity contribution in [2.75, 3.05) is 0 Å². The number of halogens is 1. The predicted octanol–water partition coefficient (Wildman–Crippen LogP) is 4.11. The minimum Gasteiger partial charge on any atom is -0.438 e. The molecule has 0 spiro atoms. The maximum atomic E-state index is 9.58. The van der Waals surface area contributed by atoms with E-state index in [0.717, 1.165) is 16.5 Å². The standard InChI is InChI=1S/C19H12ClN3O/c20-15-9-13-16(11-5-2-1-3-6-11)14(10-21)19(22)24-18(13)17-12(15)7-4-8-23-17/h1-9,16H,22H2. The van der Waals surface area contributed by atoms with Crippen molar-refractivity contribution in [3.05, 3.63) is 82.3 Å². The summed E-state index contributed by atoms with van der Waals surface area (Å²) in [6.07, 6.45) is 1.68. The lowest BCUT2D eigenvalue weighted by atomic mass is 9.83. The monoisotopic (exact) mass is 333 g/mol. The van der Waals surface area contributed by atoms with Crippen LogP contribution in [0.5, 0.6) is 5.75 Å². The molecule has 4 nitrogen and oxygen atoms in total. The summed E-state index contributed by atoms with van der Waals surface area (Å²) in [5.41, 5.74) is 8.80. The molecule has 0 amide bonds. The Bertz CT molecular complexity index is 1020. The van der Waals surface area contributed by atoms with Crippen molar-refractivity contribution in [1.82, 2.24) is 4.98 Å². The number of allylic oxidation sites excluding steroid dienone is 1. The zero-order valence-electron chi connectivity index (χ0n) is 12.5. The van der Waals surface area contributed by atoms with Crippen LogP contribution >= 0.6 is 11.6 Å². The molecule has 24 heavy (non-hydrogen) atoms. The van der Waals surface area contributed by atoms with Gasteiger partial charge < -0.3 is 10.5 Å². The molecule has 0 bridgehead atoms. The Morgan fingerprint density at radius 2 is 1.96 bits per heavy atom. The van der Waals surface area contributed by atoms with E-state index in [0.29, 0.717) is 21.9 Å². The number of rotatable bonds is 1. The number of nitrogens with zero attached hydrogens (tertiary/aromatic N) is 2. The molecule has 116 valence electrons. The average Bonchev–Trinajstić information content (AvgIpc) is 2.62. The highest BCUT2D eigenvalue weighted by Crippen LogP contribution is 2.46. The first kappa shape index (κ1) is 14.6. The zero-order chi connectivity index (χ0) is 16.7. The number of pyridine rings is 1. The van der Waals surface area contributed by atoms with Crippen molar-refractivity contribution in [2.45, 2.75) is 5.92 Å². The number of aromatic nitrogens is 1. The molecule has 2 N–H and O–H groups in total. The van der Waals surface area contributed by atoms with Crippen molar-refractivity contribution in [2.24, 2.45) is 5.73 Å². The summed E-state index contributed by atoms with van der Waals surface area (Å²) in [6.45, 7) is 0. The van der Waals surface area contributed by atoms with Gasteiger partial charge in [0, 0.05) is 17.1 Å². The van der Waals surface area contributed by atoms with E-state index < -0.39 is 0 Å². The van der Waals surface area contributed by atoms with Gasteiger partial charge in [-0.25, -0.2) is 0 Å². The maximum Gasteiger partial charge on any atom is 0.205 e. The molecule has 3 aromatic rings. The third-order valence-electron chi connectivity index (χ3n) is 4.16. The Morgan fingerprint density at radius 1 is 1.17 bits per heavy atom. The summed E-state index contributed by atoms with van der Waals surface area (Å²) in [4.78, 5) is 4.40. The molecule has 1 atom stereocenters. The topological polar surface area (TPSA) is 71.9 Å². The Balaban J connectivity index is 2.07. The number of benzene rings is 2. The van der Waals surface area contributed by atoms with E-state index in [1.165, 1.54) is 0 Å². The van der Waals surface area contributed by atoms with Gasteiger partial charge in [0.15, 0.2) is 5.75 Å². The molecule has 0 saturated heterocycles. The largest absolute Gasteiger partial charge is 0.438 e. The van der Waals surface area contributed by atoms with Gasteiger partial charge in [-0.05, 0) is 23.8 Å². The van der Waals surface area contributed by atoms with Crippen LogP contribution in [-0.4, -0.2) is 4.98 Å². The lowest BCUT2D eigenvalue weighted by molar-refractivity contribution is 0.397. The molecule has 1 aliphatic rings. The van der Waals surface area contributed by atoms with Gasteiger partial charge in [-0.2, -0.15) is 5.26 Å². The third kappa shape index (κ3) is 2.10. The second-order valence-electron chi connectivity index (χ2n) is 5.51. The van der Waals surface area contributed by atoms with Crippen molar-refractivity contribution < 1.29 is 4.74 Å². The first-order valence-corrected chi connectivity index (χ1v) is 7.78. The Morgan fingerprint density at radius 3 is 2.71 bits per heavy atom. The van der Waals surface area contributed by atoms with Crippen LogP contribution in [0.2, 0.25) is 5.02 Å². The van der Waals surface area contributed by atoms with Crippen LogP contribution in [-0.2, 0) is 0 Å². The first-order valence-electron chi connectivity index (χ1n) is 7.40. The summed E-state index contributed by atoms with van der Waals surface area (Å²) in [5.74, 6) is 0.331. The molecular formula is C19H12ClN3O. The number of nitrogens with two attached hydrogens (primary N) is 1. The zero-order valence-corrected chi connectivity index (χ0v) is 13.3. The van der Waals surface area contributed by atoms with E-state index in [1.807, 2.05) is 48.5 Å². The van der Waals surface area contributed by atoms with Crippen LogP contribution in [0.3, 0.4) is 0 Å². The lowest BCUT2D eigenvalue weighted by Crippen LogP contribution is -2.21. The van der Waals surface area contributed by atoms with Gasteiger partial charge in [0.25, 0.3) is 0 Å². The summed E-state index contributed by atoms with van der Waals surface area (Å²) < 4.78 is 5.77. The number of hydrogen-bond donors (Lipinski definition) is 1. The second kappa shape index (κ2) is 5.55. The van der Waals surface area contributed by atoms with E-state index in [9.17, 15) is 5.26 Å². The van der Waals surface area contributed by atoms with Gasteiger partial charge in [0.1, 0.15) is 17.2 Å². The highest BCUT2D eigenvalue weighted by atomic mass is 35.5. The molecule has 0 saturated carbocycles. The Labute approximate surface area is 143 Å². The first-order chi connectivity index (χ1) is 11.7. The van der Waals surface area contributed by atoms with Gasteiger partial charge in [-0.3, -0.25) is 4.98 Å². The van der Waals surface area contributed by atoms with Crippen LogP contribution in [0, 0.1) is 11.3 Å². The van der Waals surface area contributed by atoms with Gasteiger partial charge in [0.2, 0.25) is 5.88 Å². The molecule has 1 aliphatic heterocycles. The maximum absolute atomic E-state index is 9.58. The minimum absolute atomic E-state index is 0.105. The molecule has 4 rings (SSSR count). The van der Waals surface area contributed by atoms with E-state index in [1.54, 1.807) is 6.20 Å². The lowest BCUT2D eigenvalue weighted by Gasteiger charge is -2.27. The van der Waals surface area contributed by atoms with E-state index in [4.69, 9.17) is 22.1 Å². The fourth-order valence-electron chi connectivity index (χ4n) is 3.09. The van der Waals surface area contributed by atoms with Crippen LogP contribution < -0.4 is 10.5 Å². The highest BCUT2D eigenvalue weighted by molar-refractivity contribution is 6.35. The van der Waals surface area contributed by atoms with E-state index >= 15 is 0 Å². The van der Waals surface area contributed by atoms with Crippen LogP contribution in [0.15, 0.2) is 66.2 Å². The van der Waals surface area contributed by atoms with Gasteiger partial charge in [-0.1, -0.05) is 41.9 Å². The van der Waals surface area contributed by atoms with Crippen molar-refractivity contribution in [3.8, 4) is 11.8 Å². The molecule has 0 aliphatic carbocycles. The quantitative estimate of drug-likeness (QED) is 0.727. The predicted molar refractivity (Wildman–Crippen MR) is 92.5 cm³/mol. The fourth-order valence-corrected chi connectivity index (χ4v) is 3.36. The molecule has 2 aromatic carbocycles. The normalized spacial score (nSPS) is 16.4. The Kier molecular flexibility index (Phi) is 3.37. The highest BCUT2D eigenvalue weighted by Gasteiger charge is 2.32. The number of fused-ring (bicyclic) bond motifs is 3. The van der Waals surface area contributed by atoms with Crippen molar-refractivity contribution >= 4 is 22.5 Å². The third-order valence-corrected chi connectivity index (χ3v) is 4.47. The van der Waals surface area contributed by atoms with E-state index in [-0.39, 0.29) is 11.8 Å². The van der Waals surface area contributed by atoms with Gasteiger partial charge in [0.05, 0.1) is 10.9 Å².